The Bertz CT molecular complexity index is 683. The molecule has 2 heterocycles. The molecule has 1 aliphatic heterocycles. The lowest BCUT2D eigenvalue weighted by Crippen LogP contribution is -2.27. The molecule has 21 heavy (non-hydrogen) atoms. The number of fused-ring (bicyclic) bond motifs is 3. The standard InChI is InChI=1S/C16H21N3O2/c1-16(2,3)21-15(20)18-12-8-6-7-11-14(12)19-10-5-4-9-13(19)17-11/h6-8H,4-5,9-10H2,1-3H3,(H,18,20). The molecule has 5 heteroatoms. The predicted octanol–water partition coefficient (Wildman–Crippen LogP) is 3.72. The van der Waals surface area contributed by atoms with Gasteiger partial charge in [0.2, 0.25) is 0 Å². The second kappa shape index (κ2) is 5.06. The van der Waals surface area contributed by atoms with Gasteiger partial charge in [0.1, 0.15) is 11.4 Å². The lowest BCUT2D eigenvalue weighted by atomic mass is 10.1. The quantitative estimate of drug-likeness (QED) is 0.869. The molecule has 0 saturated heterocycles. The highest BCUT2D eigenvalue weighted by atomic mass is 16.6. The zero-order valence-electron chi connectivity index (χ0n) is 12.8. The maximum Gasteiger partial charge on any atom is 0.412 e. The van der Waals surface area contributed by atoms with Gasteiger partial charge in [-0.1, -0.05) is 6.07 Å². The number of amides is 1. The maximum atomic E-state index is 12.0. The zero-order chi connectivity index (χ0) is 15.0. The van der Waals surface area contributed by atoms with Crippen molar-refractivity contribution in [2.75, 3.05) is 5.32 Å². The summed E-state index contributed by atoms with van der Waals surface area (Å²) in [6.45, 7) is 6.52. The number of ether oxygens (including phenoxy) is 1. The van der Waals surface area contributed by atoms with Crippen molar-refractivity contribution >= 4 is 22.8 Å². The van der Waals surface area contributed by atoms with Crippen LogP contribution in [0.2, 0.25) is 0 Å². The van der Waals surface area contributed by atoms with Crippen molar-refractivity contribution in [1.82, 2.24) is 9.55 Å². The molecule has 0 unspecified atom stereocenters. The van der Waals surface area contributed by atoms with Gasteiger partial charge >= 0.3 is 6.09 Å². The van der Waals surface area contributed by atoms with E-state index in [1.807, 2.05) is 39.0 Å². The van der Waals surface area contributed by atoms with Gasteiger partial charge in [0.15, 0.2) is 0 Å². The minimum absolute atomic E-state index is 0.429. The predicted molar refractivity (Wildman–Crippen MR) is 82.5 cm³/mol. The third-order valence-corrected chi connectivity index (χ3v) is 3.51. The van der Waals surface area contributed by atoms with Crippen LogP contribution in [0, 0.1) is 0 Å². The lowest BCUT2D eigenvalue weighted by Gasteiger charge is -2.20. The van der Waals surface area contributed by atoms with Gasteiger partial charge in [0.25, 0.3) is 0 Å². The van der Waals surface area contributed by atoms with Crippen molar-refractivity contribution in [3.05, 3.63) is 24.0 Å². The first-order valence-electron chi connectivity index (χ1n) is 7.42. The fraction of sp³-hybridized carbons (Fsp3) is 0.500. The second-order valence-corrected chi connectivity index (χ2v) is 6.44. The first-order valence-corrected chi connectivity index (χ1v) is 7.42. The molecule has 0 fully saturated rings. The molecule has 5 nitrogen and oxygen atoms in total. The number of benzene rings is 1. The van der Waals surface area contributed by atoms with Crippen molar-refractivity contribution in [2.45, 2.75) is 52.2 Å². The highest BCUT2D eigenvalue weighted by molar-refractivity contribution is 5.97. The minimum atomic E-state index is -0.505. The van der Waals surface area contributed by atoms with Crippen LogP contribution in [0.15, 0.2) is 18.2 Å². The molecule has 1 amide bonds. The first kappa shape index (κ1) is 13.9. The van der Waals surface area contributed by atoms with Gasteiger partial charge in [-0.2, -0.15) is 0 Å². The number of rotatable bonds is 1. The molecular weight excluding hydrogens is 266 g/mol. The average molecular weight is 287 g/mol. The third-order valence-electron chi connectivity index (χ3n) is 3.51. The van der Waals surface area contributed by atoms with Gasteiger partial charge in [-0.05, 0) is 45.7 Å². The van der Waals surface area contributed by atoms with E-state index in [9.17, 15) is 4.79 Å². The molecular formula is C16H21N3O2. The van der Waals surface area contributed by atoms with Crippen LogP contribution >= 0.6 is 0 Å². The number of anilines is 1. The molecule has 0 bridgehead atoms. The lowest BCUT2D eigenvalue weighted by molar-refractivity contribution is 0.0636. The Balaban J connectivity index is 1.95. The van der Waals surface area contributed by atoms with Crippen LogP contribution in [0.4, 0.5) is 10.5 Å². The van der Waals surface area contributed by atoms with E-state index in [2.05, 4.69) is 14.9 Å². The highest BCUT2D eigenvalue weighted by Gasteiger charge is 2.20. The van der Waals surface area contributed by atoms with E-state index in [1.165, 1.54) is 6.42 Å². The number of nitrogens with one attached hydrogen (secondary N) is 1. The van der Waals surface area contributed by atoms with Crippen molar-refractivity contribution in [2.24, 2.45) is 0 Å². The number of imidazole rings is 1. The zero-order valence-corrected chi connectivity index (χ0v) is 12.8. The molecule has 0 radical (unpaired) electrons. The van der Waals surface area contributed by atoms with Crippen molar-refractivity contribution in [3.63, 3.8) is 0 Å². The summed E-state index contributed by atoms with van der Waals surface area (Å²) in [7, 11) is 0. The number of carbonyl (C=O) groups excluding carboxylic acids is 1. The smallest absolute Gasteiger partial charge is 0.412 e. The number of nitrogens with zero attached hydrogens (tertiary/aromatic N) is 2. The van der Waals surface area contributed by atoms with E-state index in [0.717, 1.165) is 41.9 Å². The van der Waals surface area contributed by atoms with Crippen LogP contribution in [0.5, 0.6) is 0 Å². The largest absolute Gasteiger partial charge is 0.444 e. The fourth-order valence-corrected chi connectivity index (χ4v) is 2.73. The summed E-state index contributed by atoms with van der Waals surface area (Å²) in [5.74, 6) is 1.11. The van der Waals surface area contributed by atoms with Gasteiger partial charge in [0.05, 0.1) is 16.7 Å². The van der Waals surface area contributed by atoms with E-state index in [4.69, 9.17) is 4.74 Å². The Labute approximate surface area is 124 Å². The highest BCUT2D eigenvalue weighted by Crippen LogP contribution is 2.28. The van der Waals surface area contributed by atoms with Crippen molar-refractivity contribution < 1.29 is 9.53 Å². The maximum absolute atomic E-state index is 12.0. The molecule has 112 valence electrons. The number of hydrogen-bond acceptors (Lipinski definition) is 3. The second-order valence-electron chi connectivity index (χ2n) is 6.44. The fourth-order valence-electron chi connectivity index (χ4n) is 2.73. The summed E-state index contributed by atoms with van der Waals surface area (Å²) in [5, 5.41) is 2.86. The number of hydrogen-bond donors (Lipinski definition) is 1. The van der Waals surface area contributed by atoms with E-state index >= 15 is 0 Å². The van der Waals surface area contributed by atoms with Crippen LogP contribution < -0.4 is 5.32 Å². The van der Waals surface area contributed by atoms with Crippen LogP contribution in [-0.4, -0.2) is 21.2 Å². The molecule has 0 saturated carbocycles. The number of aromatic nitrogens is 2. The van der Waals surface area contributed by atoms with E-state index in [-0.39, 0.29) is 0 Å². The average Bonchev–Trinajstić information content (AvgIpc) is 2.75. The van der Waals surface area contributed by atoms with Crippen LogP contribution in [0.3, 0.4) is 0 Å². The van der Waals surface area contributed by atoms with Crippen LogP contribution in [0.1, 0.15) is 39.4 Å². The summed E-state index contributed by atoms with van der Waals surface area (Å²) in [4.78, 5) is 16.7. The summed E-state index contributed by atoms with van der Waals surface area (Å²) in [5.41, 5.74) is 2.19. The normalized spacial score (nSPS) is 14.8. The Morgan fingerprint density at radius 1 is 1.33 bits per heavy atom. The summed E-state index contributed by atoms with van der Waals surface area (Å²) in [6.07, 6.45) is 2.90. The number of carbonyl (C=O) groups is 1. The molecule has 1 aromatic carbocycles. The molecule has 2 aromatic rings. The SMILES string of the molecule is CC(C)(C)OC(=O)Nc1cccc2nc3n(c12)CCCC3. The molecule has 0 atom stereocenters. The Morgan fingerprint density at radius 2 is 2.14 bits per heavy atom. The summed E-state index contributed by atoms with van der Waals surface area (Å²) in [6, 6.07) is 5.80. The molecule has 0 spiro atoms. The Kier molecular flexibility index (Phi) is 3.35. The number of aryl methyl sites for hydroxylation is 2. The Hall–Kier alpha value is -2.04. The first-order chi connectivity index (χ1) is 9.94. The van der Waals surface area contributed by atoms with E-state index in [1.54, 1.807) is 0 Å². The van der Waals surface area contributed by atoms with Gasteiger partial charge in [-0.15, -0.1) is 0 Å². The monoisotopic (exact) mass is 287 g/mol. The van der Waals surface area contributed by atoms with E-state index < -0.39 is 11.7 Å². The van der Waals surface area contributed by atoms with Gasteiger partial charge < -0.3 is 9.30 Å². The summed E-state index contributed by atoms with van der Waals surface area (Å²) < 4.78 is 7.55. The van der Waals surface area contributed by atoms with Crippen LogP contribution in [-0.2, 0) is 17.7 Å². The third kappa shape index (κ3) is 2.86. The molecule has 1 aliphatic rings. The van der Waals surface area contributed by atoms with Crippen molar-refractivity contribution in [1.29, 1.82) is 0 Å². The minimum Gasteiger partial charge on any atom is -0.444 e. The van der Waals surface area contributed by atoms with Crippen molar-refractivity contribution in [3.8, 4) is 0 Å². The van der Waals surface area contributed by atoms with Crippen LogP contribution in [0.25, 0.3) is 11.0 Å². The topological polar surface area (TPSA) is 56.1 Å². The van der Waals surface area contributed by atoms with E-state index in [0.29, 0.717) is 0 Å². The van der Waals surface area contributed by atoms with Gasteiger partial charge in [0, 0.05) is 13.0 Å². The molecule has 1 aromatic heterocycles. The Morgan fingerprint density at radius 3 is 2.90 bits per heavy atom. The van der Waals surface area contributed by atoms with Gasteiger partial charge in [-0.3, -0.25) is 5.32 Å². The van der Waals surface area contributed by atoms with Gasteiger partial charge in [-0.25, -0.2) is 9.78 Å². The molecule has 3 rings (SSSR count). The molecule has 0 aliphatic carbocycles. The molecule has 1 N–H and O–H groups in total. The summed E-state index contributed by atoms with van der Waals surface area (Å²) >= 11 is 0. The number of para-hydroxylation sites is 1.